The Kier molecular flexibility index (Phi) is 10.2. The lowest BCUT2D eigenvalue weighted by Crippen LogP contribution is -2.45. The molecule has 8 nitrogen and oxygen atoms in total. The van der Waals surface area contributed by atoms with Crippen LogP contribution in [0.15, 0.2) is 67.0 Å². The van der Waals surface area contributed by atoms with Gasteiger partial charge >= 0.3 is 5.97 Å². The van der Waals surface area contributed by atoms with Crippen LogP contribution in [0.2, 0.25) is 0 Å². The molecule has 1 fully saturated rings. The van der Waals surface area contributed by atoms with Crippen molar-refractivity contribution in [3.05, 3.63) is 89.5 Å². The first-order valence-corrected chi connectivity index (χ1v) is 14.0. The summed E-state index contributed by atoms with van der Waals surface area (Å²) in [6.07, 6.45) is 8.45. The van der Waals surface area contributed by atoms with Gasteiger partial charge in [-0.2, -0.15) is 0 Å². The fourth-order valence-electron chi connectivity index (χ4n) is 5.06. The highest BCUT2D eigenvalue weighted by molar-refractivity contribution is 5.94. The fraction of sp³-hybridized carbons (Fsp3) is 0.375. The molecule has 3 heterocycles. The second-order valence-electron chi connectivity index (χ2n) is 10.4. The molecule has 0 radical (unpaired) electrons. The van der Waals surface area contributed by atoms with Gasteiger partial charge in [0.25, 0.3) is 0 Å². The SMILES string of the molecule is CCC(CC)(CC(=O)Nc1cccc(/C=C/c2cccc(CN3CCN(Cc4cccnc4)CC3)n2)c1)C(=O)O. The highest BCUT2D eigenvalue weighted by Gasteiger charge is 2.37. The maximum Gasteiger partial charge on any atom is 0.310 e. The standard InChI is InChI=1S/C32H39N5O3/c1-3-32(4-2,31(39)40)21-30(38)35-28-11-5-8-25(20-28)13-14-27-10-6-12-29(34-27)24-37-18-16-36(17-19-37)23-26-9-7-15-33-22-26/h5-15,20,22H,3-4,16-19,21,23-24H2,1-2H3,(H,35,38)(H,39,40)/b14-13+. The van der Waals surface area contributed by atoms with E-state index in [1.165, 1.54) is 5.56 Å². The molecule has 2 aromatic heterocycles. The molecule has 0 unspecified atom stereocenters. The molecule has 40 heavy (non-hydrogen) atoms. The predicted molar refractivity (Wildman–Crippen MR) is 158 cm³/mol. The lowest BCUT2D eigenvalue weighted by molar-refractivity contribution is -0.151. The van der Waals surface area contributed by atoms with Crippen LogP contribution in [0.5, 0.6) is 0 Å². The molecule has 1 amide bonds. The number of piperazine rings is 1. The van der Waals surface area contributed by atoms with Crippen molar-refractivity contribution in [3.8, 4) is 0 Å². The lowest BCUT2D eigenvalue weighted by atomic mass is 9.79. The number of carboxylic acids is 1. The van der Waals surface area contributed by atoms with Gasteiger partial charge in [0, 0.05) is 63.8 Å². The summed E-state index contributed by atoms with van der Waals surface area (Å²) >= 11 is 0. The first-order valence-electron chi connectivity index (χ1n) is 14.0. The number of hydrogen-bond acceptors (Lipinski definition) is 6. The summed E-state index contributed by atoms with van der Waals surface area (Å²) in [5.41, 5.74) is 3.69. The number of carboxylic acid groups (broad SMARTS) is 1. The minimum absolute atomic E-state index is 0.0499. The predicted octanol–water partition coefficient (Wildman–Crippen LogP) is 5.18. The molecule has 1 saturated heterocycles. The molecule has 3 aromatic rings. The summed E-state index contributed by atoms with van der Waals surface area (Å²) in [7, 11) is 0. The number of anilines is 1. The molecule has 1 aliphatic heterocycles. The van der Waals surface area contributed by atoms with Crippen LogP contribution in [-0.2, 0) is 22.7 Å². The molecule has 0 aliphatic carbocycles. The van der Waals surface area contributed by atoms with Crippen molar-refractivity contribution in [2.24, 2.45) is 5.41 Å². The van der Waals surface area contributed by atoms with Gasteiger partial charge in [-0.05, 0) is 60.4 Å². The van der Waals surface area contributed by atoms with Crippen molar-refractivity contribution in [1.82, 2.24) is 19.8 Å². The topological polar surface area (TPSA) is 98.7 Å². The maximum absolute atomic E-state index is 12.6. The van der Waals surface area contributed by atoms with E-state index in [0.29, 0.717) is 18.5 Å². The highest BCUT2D eigenvalue weighted by atomic mass is 16.4. The highest BCUT2D eigenvalue weighted by Crippen LogP contribution is 2.31. The average molecular weight is 542 g/mol. The number of nitrogens with zero attached hydrogens (tertiary/aromatic N) is 4. The van der Waals surface area contributed by atoms with Gasteiger partial charge in [0.1, 0.15) is 0 Å². The number of benzene rings is 1. The lowest BCUT2D eigenvalue weighted by Gasteiger charge is -2.34. The van der Waals surface area contributed by atoms with E-state index in [1.54, 1.807) is 0 Å². The Bertz CT molecular complexity index is 1300. The summed E-state index contributed by atoms with van der Waals surface area (Å²) < 4.78 is 0. The Labute approximate surface area is 236 Å². The normalized spacial score (nSPS) is 14.8. The molecule has 210 valence electrons. The van der Waals surface area contributed by atoms with Gasteiger partial charge in [0.2, 0.25) is 5.91 Å². The summed E-state index contributed by atoms with van der Waals surface area (Å²) in [5.74, 6) is -1.22. The van der Waals surface area contributed by atoms with Crippen molar-refractivity contribution >= 4 is 29.7 Å². The van der Waals surface area contributed by atoms with Gasteiger partial charge in [-0.25, -0.2) is 0 Å². The zero-order valence-corrected chi connectivity index (χ0v) is 23.4. The number of nitrogens with one attached hydrogen (secondary N) is 1. The number of rotatable bonds is 12. The van der Waals surface area contributed by atoms with E-state index >= 15 is 0 Å². The molecular weight excluding hydrogens is 502 g/mol. The van der Waals surface area contributed by atoms with E-state index in [-0.39, 0.29) is 12.3 Å². The monoisotopic (exact) mass is 541 g/mol. The van der Waals surface area contributed by atoms with Crippen LogP contribution < -0.4 is 5.32 Å². The van der Waals surface area contributed by atoms with Crippen LogP contribution in [0.1, 0.15) is 55.6 Å². The van der Waals surface area contributed by atoms with E-state index in [1.807, 2.05) is 80.9 Å². The number of carbonyl (C=O) groups excluding carboxylic acids is 1. The number of pyridine rings is 2. The first-order chi connectivity index (χ1) is 19.4. The third-order valence-electron chi connectivity index (χ3n) is 7.73. The van der Waals surface area contributed by atoms with Crippen molar-refractivity contribution in [2.45, 2.75) is 46.2 Å². The van der Waals surface area contributed by atoms with E-state index in [2.05, 4.69) is 32.2 Å². The van der Waals surface area contributed by atoms with Crippen LogP contribution in [0.25, 0.3) is 12.2 Å². The quantitative estimate of drug-likeness (QED) is 0.326. The van der Waals surface area contributed by atoms with Crippen molar-refractivity contribution < 1.29 is 14.7 Å². The van der Waals surface area contributed by atoms with Crippen molar-refractivity contribution in [1.29, 1.82) is 0 Å². The van der Waals surface area contributed by atoms with Crippen LogP contribution >= 0.6 is 0 Å². The maximum atomic E-state index is 12.6. The molecule has 1 aromatic carbocycles. The van der Waals surface area contributed by atoms with Crippen LogP contribution in [0, 0.1) is 5.41 Å². The number of aliphatic carboxylic acids is 1. The molecule has 0 spiro atoms. The third-order valence-corrected chi connectivity index (χ3v) is 7.73. The smallest absolute Gasteiger partial charge is 0.310 e. The van der Waals surface area contributed by atoms with Gasteiger partial charge in [-0.1, -0.05) is 44.2 Å². The molecule has 4 rings (SSSR count). The van der Waals surface area contributed by atoms with Gasteiger partial charge in [-0.3, -0.25) is 29.4 Å². The fourth-order valence-corrected chi connectivity index (χ4v) is 5.06. The van der Waals surface area contributed by atoms with Gasteiger partial charge in [-0.15, -0.1) is 0 Å². The molecule has 1 aliphatic rings. The molecule has 8 heteroatoms. The molecule has 0 saturated carbocycles. The van der Waals surface area contributed by atoms with E-state index in [4.69, 9.17) is 4.98 Å². The Balaban J connectivity index is 1.30. The van der Waals surface area contributed by atoms with Gasteiger partial charge < -0.3 is 10.4 Å². The minimum atomic E-state index is -1.04. The molecule has 2 N–H and O–H groups in total. The van der Waals surface area contributed by atoms with Gasteiger partial charge in [0.05, 0.1) is 16.8 Å². The summed E-state index contributed by atoms with van der Waals surface area (Å²) in [5, 5.41) is 12.5. The van der Waals surface area contributed by atoms with Crippen LogP contribution in [0.4, 0.5) is 5.69 Å². The molecule has 0 atom stereocenters. The van der Waals surface area contributed by atoms with Crippen LogP contribution in [0.3, 0.4) is 0 Å². The second kappa shape index (κ2) is 14.0. The van der Waals surface area contributed by atoms with Crippen molar-refractivity contribution in [2.75, 3.05) is 31.5 Å². The van der Waals surface area contributed by atoms with E-state index in [9.17, 15) is 14.7 Å². The van der Waals surface area contributed by atoms with Crippen LogP contribution in [-0.4, -0.2) is 62.9 Å². The minimum Gasteiger partial charge on any atom is -0.481 e. The van der Waals surface area contributed by atoms with Crippen molar-refractivity contribution in [3.63, 3.8) is 0 Å². The Morgan fingerprint density at radius 3 is 2.35 bits per heavy atom. The van der Waals surface area contributed by atoms with E-state index in [0.717, 1.165) is 56.2 Å². The number of carbonyl (C=O) groups is 2. The largest absolute Gasteiger partial charge is 0.481 e. The second-order valence-corrected chi connectivity index (χ2v) is 10.4. The molecular formula is C32H39N5O3. The number of amides is 1. The summed E-state index contributed by atoms with van der Waals surface area (Å²) in [6.45, 7) is 9.43. The van der Waals surface area contributed by atoms with Gasteiger partial charge in [0.15, 0.2) is 0 Å². The Hall–Kier alpha value is -3.88. The zero-order valence-electron chi connectivity index (χ0n) is 23.4. The number of hydrogen-bond donors (Lipinski definition) is 2. The third kappa shape index (κ3) is 8.07. The number of aromatic nitrogens is 2. The molecule has 0 bridgehead atoms. The Morgan fingerprint density at radius 1 is 0.950 bits per heavy atom. The summed E-state index contributed by atoms with van der Waals surface area (Å²) in [6, 6.07) is 17.7. The van der Waals surface area contributed by atoms with E-state index < -0.39 is 11.4 Å². The zero-order chi connectivity index (χ0) is 28.4. The summed E-state index contributed by atoms with van der Waals surface area (Å²) in [4.78, 5) is 38.3. The average Bonchev–Trinajstić information content (AvgIpc) is 2.97. The Morgan fingerprint density at radius 2 is 1.68 bits per heavy atom. The first kappa shape index (κ1) is 29.1.